The van der Waals surface area contributed by atoms with Gasteiger partial charge in [0.05, 0.1) is 25.5 Å². The lowest BCUT2D eigenvalue weighted by Crippen LogP contribution is -2.43. The zero-order chi connectivity index (χ0) is 22.4. The first kappa shape index (κ1) is 20.4. The average Bonchev–Trinajstić information content (AvgIpc) is 3.32. The van der Waals surface area contributed by atoms with Crippen LogP contribution in [0.3, 0.4) is 0 Å². The predicted molar refractivity (Wildman–Crippen MR) is 116 cm³/mol. The fraction of sp³-hybridized carbons (Fsp3) is 0.458. The van der Waals surface area contributed by atoms with Gasteiger partial charge < -0.3 is 38.1 Å². The van der Waals surface area contributed by atoms with Gasteiger partial charge in [-0.25, -0.2) is 0 Å². The van der Waals surface area contributed by atoms with E-state index in [4.69, 9.17) is 33.2 Å². The summed E-state index contributed by atoms with van der Waals surface area (Å²) < 4.78 is 40.0. The van der Waals surface area contributed by atoms with Crippen LogP contribution in [0, 0.1) is 0 Å². The van der Waals surface area contributed by atoms with E-state index in [1.807, 2.05) is 24.3 Å². The van der Waals surface area contributed by atoms with Crippen molar-refractivity contribution in [2.24, 2.45) is 0 Å². The minimum atomic E-state index is -0.997. The number of nitrogens with zero attached hydrogens (tertiary/aromatic N) is 1. The highest BCUT2D eigenvalue weighted by Crippen LogP contribution is 2.56. The third-order valence-corrected chi connectivity index (χ3v) is 6.46. The number of anilines is 1. The van der Waals surface area contributed by atoms with E-state index in [1.165, 1.54) is 0 Å². The molecule has 174 valence electrons. The number of methoxy groups -OCH3 is 1. The molecule has 1 unspecified atom stereocenters. The predicted octanol–water partition coefficient (Wildman–Crippen LogP) is 1.92. The Kier molecular flexibility index (Phi) is 4.95. The van der Waals surface area contributed by atoms with E-state index in [-0.39, 0.29) is 12.5 Å². The summed E-state index contributed by atoms with van der Waals surface area (Å²) in [7, 11) is 1.63. The van der Waals surface area contributed by atoms with E-state index >= 15 is 0 Å². The van der Waals surface area contributed by atoms with Gasteiger partial charge in [0.15, 0.2) is 23.0 Å². The lowest BCUT2D eigenvalue weighted by Gasteiger charge is -2.25. The number of carbonyl (C=O) groups is 1. The van der Waals surface area contributed by atoms with Crippen LogP contribution in [0.25, 0.3) is 0 Å². The van der Waals surface area contributed by atoms with Crippen molar-refractivity contribution < 1.29 is 38.0 Å². The van der Waals surface area contributed by atoms with Crippen molar-refractivity contribution >= 4 is 11.6 Å². The number of hydrogen-bond acceptors (Lipinski definition) is 8. The van der Waals surface area contributed by atoms with E-state index < -0.39 is 5.41 Å². The molecule has 1 amide bonds. The summed E-state index contributed by atoms with van der Waals surface area (Å²) in [5, 5.41) is 0. The molecular formula is C24H25NO8. The Morgan fingerprint density at radius 2 is 1.42 bits per heavy atom. The lowest BCUT2D eigenvalue weighted by molar-refractivity contribution is -0.122. The highest BCUT2D eigenvalue weighted by molar-refractivity contribution is 6.12. The number of carbonyl (C=O) groups excluding carboxylic acids is 1. The van der Waals surface area contributed by atoms with Crippen LogP contribution in [0.5, 0.6) is 28.7 Å². The standard InChI is InChI=1S/C24H25NO8/c1-27-4-5-28-3-2-25-17-12-21-19(29-6-8-31-21)10-15(17)24(23(25)26)14-33-18-13-22-20(11-16(18)24)30-7-9-32-22/h10-13H,2-9,14H2,1H3. The van der Waals surface area contributed by atoms with Crippen molar-refractivity contribution in [1.29, 1.82) is 0 Å². The molecule has 0 saturated carbocycles. The summed E-state index contributed by atoms with van der Waals surface area (Å²) in [6.07, 6.45) is 0. The molecule has 4 heterocycles. The molecule has 4 aliphatic heterocycles. The molecular weight excluding hydrogens is 430 g/mol. The van der Waals surface area contributed by atoms with Crippen LogP contribution in [0.15, 0.2) is 24.3 Å². The van der Waals surface area contributed by atoms with E-state index in [0.29, 0.717) is 81.5 Å². The summed E-state index contributed by atoms with van der Waals surface area (Å²) in [5.41, 5.74) is 1.40. The largest absolute Gasteiger partial charge is 0.491 e. The molecule has 0 aliphatic carbocycles. The first-order valence-corrected chi connectivity index (χ1v) is 11.1. The van der Waals surface area contributed by atoms with E-state index in [1.54, 1.807) is 12.0 Å². The normalized spacial score (nSPS) is 21.7. The molecule has 1 atom stereocenters. The van der Waals surface area contributed by atoms with Gasteiger partial charge in [0.1, 0.15) is 44.2 Å². The Morgan fingerprint density at radius 3 is 2.12 bits per heavy atom. The van der Waals surface area contributed by atoms with Gasteiger partial charge in [0.25, 0.3) is 0 Å². The molecule has 9 heteroatoms. The first-order chi connectivity index (χ1) is 16.2. The maximum absolute atomic E-state index is 14.1. The Labute approximate surface area is 191 Å². The van der Waals surface area contributed by atoms with Gasteiger partial charge in [-0.3, -0.25) is 4.79 Å². The Hall–Kier alpha value is -3.17. The van der Waals surface area contributed by atoms with Gasteiger partial charge in [-0.15, -0.1) is 0 Å². The fourth-order valence-corrected chi connectivity index (χ4v) is 4.91. The van der Waals surface area contributed by atoms with Gasteiger partial charge in [-0.1, -0.05) is 0 Å². The number of hydrogen-bond donors (Lipinski definition) is 0. The Balaban J connectivity index is 1.43. The summed E-state index contributed by atoms with van der Waals surface area (Å²) >= 11 is 0. The molecule has 9 nitrogen and oxygen atoms in total. The molecule has 2 aromatic rings. The first-order valence-electron chi connectivity index (χ1n) is 11.1. The molecule has 0 saturated heterocycles. The maximum atomic E-state index is 14.1. The third-order valence-electron chi connectivity index (χ3n) is 6.46. The number of ether oxygens (including phenoxy) is 7. The summed E-state index contributed by atoms with van der Waals surface area (Å²) in [5.74, 6) is 3.09. The van der Waals surface area contributed by atoms with Crippen LogP contribution in [-0.2, 0) is 19.7 Å². The number of fused-ring (bicyclic) bond motifs is 6. The average molecular weight is 455 g/mol. The van der Waals surface area contributed by atoms with E-state index in [2.05, 4.69) is 0 Å². The van der Waals surface area contributed by atoms with Gasteiger partial charge >= 0.3 is 0 Å². The molecule has 4 aliphatic rings. The molecule has 6 rings (SSSR count). The molecule has 2 aromatic carbocycles. The smallest absolute Gasteiger partial charge is 0.245 e. The van der Waals surface area contributed by atoms with Crippen LogP contribution < -0.4 is 28.6 Å². The van der Waals surface area contributed by atoms with E-state index in [0.717, 1.165) is 16.8 Å². The minimum absolute atomic E-state index is 0.0642. The zero-order valence-corrected chi connectivity index (χ0v) is 18.4. The highest BCUT2D eigenvalue weighted by Gasteiger charge is 2.58. The quantitative estimate of drug-likeness (QED) is 0.611. The minimum Gasteiger partial charge on any atom is -0.491 e. The molecule has 0 fully saturated rings. The zero-order valence-electron chi connectivity index (χ0n) is 18.4. The molecule has 33 heavy (non-hydrogen) atoms. The SMILES string of the molecule is COCCOCCN1C(=O)C2(COc3cc4c(cc32)OCCO4)c2cc3c(cc21)OCCO3. The third kappa shape index (κ3) is 3.10. The molecule has 0 radical (unpaired) electrons. The van der Waals surface area contributed by atoms with Gasteiger partial charge in [0, 0.05) is 36.9 Å². The van der Waals surface area contributed by atoms with Gasteiger partial charge in [-0.2, -0.15) is 0 Å². The summed E-state index contributed by atoms with van der Waals surface area (Å²) in [6, 6.07) is 7.51. The van der Waals surface area contributed by atoms with Crippen molar-refractivity contribution in [1.82, 2.24) is 0 Å². The molecule has 0 aromatic heterocycles. The lowest BCUT2D eigenvalue weighted by atomic mass is 9.77. The Morgan fingerprint density at radius 1 is 0.788 bits per heavy atom. The van der Waals surface area contributed by atoms with Crippen LogP contribution >= 0.6 is 0 Å². The number of rotatable bonds is 6. The molecule has 0 N–H and O–H groups in total. The fourth-order valence-electron chi connectivity index (χ4n) is 4.91. The van der Waals surface area contributed by atoms with Crippen LogP contribution in [0.4, 0.5) is 5.69 Å². The van der Waals surface area contributed by atoms with Crippen molar-refractivity contribution in [2.45, 2.75) is 5.41 Å². The van der Waals surface area contributed by atoms with Gasteiger partial charge in [-0.05, 0) is 12.1 Å². The molecule has 0 bridgehead atoms. The summed E-state index contributed by atoms with van der Waals surface area (Å²) in [6.45, 7) is 3.83. The maximum Gasteiger partial charge on any atom is 0.245 e. The number of benzene rings is 2. The van der Waals surface area contributed by atoms with Gasteiger partial charge in [0.2, 0.25) is 5.91 Å². The second kappa shape index (κ2) is 8.00. The van der Waals surface area contributed by atoms with Crippen molar-refractivity contribution in [3.05, 3.63) is 35.4 Å². The van der Waals surface area contributed by atoms with Crippen LogP contribution in [-0.4, -0.2) is 72.4 Å². The second-order valence-electron chi connectivity index (χ2n) is 8.26. The topological polar surface area (TPSA) is 84.9 Å². The number of amides is 1. The molecule has 1 spiro atoms. The van der Waals surface area contributed by atoms with Crippen molar-refractivity contribution in [3.63, 3.8) is 0 Å². The van der Waals surface area contributed by atoms with E-state index in [9.17, 15) is 4.79 Å². The second-order valence-corrected chi connectivity index (χ2v) is 8.26. The monoisotopic (exact) mass is 455 g/mol. The van der Waals surface area contributed by atoms with Crippen LogP contribution in [0.2, 0.25) is 0 Å². The highest BCUT2D eigenvalue weighted by atomic mass is 16.6. The Bertz CT molecular complexity index is 1100. The van der Waals surface area contributed by atoms with Crippen molar-refractivity contribution in [3.8, 4) is 28.7 Å². The summed E-state index contributed by atoms with van der Waals surface area (Å²) in [4.78, 5) is 15.8. The van der Waals surface area contributed by atoms with Crippen LogP contribution in [0.1, 0.15) is 11.1 Å². The van der Waals surface area contributed by atoms with Crippen molar-refractivity contribution in [2.75, 3.05) is 71.4 Å².